The van der Waals surface area contributed by atoms with Gasteiger partial charge in [0.25, 0.3) is 0 Å². The van der Waals surface area contributed by atoms with Gasteiger partial charge in [-0.05, 0) is 6.92 Å². The van der Waals surface area contributed by atoms with E-state index in [9.17, 15) is 50.8 Å². The van der Waals surface area contributed by atoms with Crippen LogP contribution in [-0.4, -0.2) is 157 Å². The minimum atomic E-state index is -1.83. The van der Waals surface area contributed by atoms with Gasteiger partial charge in [0.2, 0.25) is 5.91 Å². The van der Waals surface area contributed by atoms with Crippen LogP contribution in [0.5, 0.6) is 0 Å². The number of nitrogens with one attached hydrogen (secondary N) is 1. The monoisotopic (exact) mass is 529 g/mol. The Kier molecular flexibility index (Phi) is 9.97. The fraction of sp³-hybridized carbons (Fsp3) is 0.950. The van der Waals surface area contributed by atoms with Crippen LogP contribution in [0.4, 0.5) is 0 Å². The molecule has 210 valence electrons. The predicted octanol–water partition coefficient (Wildman–Crippen LogP) is -6.40. The van der Waals surface area contributed by atoms with Crippen molar-refractivity contribution in [2.75, 3.05) is 13.2 Å². The van der Waals surface area contributed by atoms with Gasteiger partial charge in [-0.3, -0.25) is 4.79 Å². The second-order valence-corrected chi connectivity index (χ2v) is 9.05. The van der Waals surface area contributed by atoms with Crippen molar-refractivity contribution in [1.82, 2.24) is 5.32 Å². The first-order valence-electron chi connectivity index (χ1n) is 11.4. The van der Waals surface area contributed by atoms with E-state index in [1.807, 2.05) is 0 Å². The maximum Gasteiger partial charge on any atom is 0.217 e. The van der Waals surface area contributed by atoms with Gasteiger partial charge in [0, 0.05) is 6.92 Å². The number of aliphatic hydroxyl groups excluding tert-OH is 9. The molecule has 3 aliphatic rings. The Morgan fingerprint density at radius 1 is 0.722 bits per heavy atom. The maximum atomic E-state index is 11.6. The Labute approximate surface area is 205 Å². The van der Waals surface area contributed by atoms with Gasteiger partial charge in [-0.1, -0.05) is 0 Å². The summed E-state index contributed by atoms with van der Waals surface area (Å²) in [5.74, 6) is -0.600. The highest BCUT2D eigenvalue weighted by atomic mass is 16.7. The largest absolute Gasteiger partial charge is 0.394 e. The van der Waals surface area contributed by atoms with Crippen LogP contribution in [0.25, 0.3) is 0 Å². The van der Waals surface area contributed by atoms with Crippen molar-refractivity contribution < 1.29 is 74.4 Å². The minimum Gasteiger partial charge on any atom is -0.394 e. The Hall–Kier alpha value is -1.09. The van der Waals surface area contributed by atoms with Crippen molar-refractivity contribution >= 4 is 5.91 Å². The molecule has 0 saturated carbocycles. The normalized spacial score (nSPS) is 50.0. The molecule has 0 aromatic carbocycles. The third-order valence-electron chi connectivity index (χ3n) is 6.45. The number of carbonyl (C=O) groups is 1. The highest BCUT2D eigenvalue weighted by Crippen LogP contribution is 2.32. The van der Waals surface area contributed by atoms with Gasteiger partial charge in [-0.25, -0.2) is 0 Å². The highest BCUT2D eigenvalue weighted by molar-refractivity contribution is 5.73. The van der Waals surface area contributed by atoms with E-state index in [0.717, 1.165) is 6.92 Å². The lowest BCUT2D eigenvalue weighted by molar-refractivity contribution is -0.368. The van der Waals surface area contributed by atoms with Crippen LogP contribution in [0, 0.1) is 0 Å². The van der Waals surface area contributed by atoms with Crippen molar-refractivity contribution in [1.29, 1.82) is 0 Å². The molecule has 0 bridgehead atoms. The summed E-state index contributed by atoms with van der Waals surface area (Å²) in [5, 5.41) is 93.3. The number of rotatable bonds is 7. The van der Waals surface area contributed by atoms with Gasteiger partial charge in [0.15, 0.2) is 18.9 Å². The zero-order valence-corrected chi connectivity index (χ0v) is 19.5. The first kappa shape index (κ1) is 29.5. The van der Waals surface area contributed by atoms with E-state index in [-0.39, 0.29) is 0 Å². The number of hydrogen-bond donors (Lipinski definition) is 10. The molecule has 16 nitrogen and oxygen atoms in total. The fourth-order valence-corrected chi connectivity index (χ4v) is 4.43. The quantitative estimate of drug-likeness (QED) is 0.147. The molecule has 3 rings (SSSR count). The average Bonchev–Trinajstić information content (AvgIpc) is 2.83. The van der Waals surface area contributed by atoms with Crippen molar-refractivity contribution in [2.24, 2.45) is 0 Å². The zero-order chi connectivity index (χ0) is 26.9. The van der Waals surface area contributed by atoms with Crippen LogP contribution in [0.15, 0.2) is 0 Å². The smallest absolute Gasteiger partial charge is 0.217 e. The van der Waals surface area contributed by atoms with Crippen LogP contribution in [0.3, 0.4) is 0 Å². The van der Waals surface area contributed by atoms with Crippen LogP contribution < -0.4 is 5.32 Å². The molecule has 0 aromatic rings. The molecule has 1 unspecified atom stereocenters. The number of aliphatic hydroxyl groups is 9. The Bertz CT molecular complexity index is 729. The van der Waals surface area contributed by atoms with E-state index in [4.69, 9.17) is 23.7 Å². The molecule has 0 spiro atoms. The summed E-state index contributed by atoms with van der Waals surface area (Å²) in [6.45, 7) is 1.16. The third kappa shape index (κ3) is 5.97. The second kappa shape index (κ2) is 12.2. The van der Waals surface area contributed by atoms with Gasteiger partial charge in [-0.15, -0.1) is 0 Å². The molecule has 36 heavy (non-hydrogen) atoms. The molecule has 0 aliphatic carbocycles. The van der Waals surface area contributed by atoms with E-state index in [1.54, 1.807) is 0 Å². The van der Waals surface area contributed by atoms with Crippen molar-refractivity contribution in [3.05, 3.63) is 0 Å². The first-order chi connectivity index (χ1) is 16.9. The summed E-state index contributed by atoms with van der Waals surface area (Å²) in [6.07, 6.45) is -21.6. The molecule has 10 N–H and O–H groups in total. The standard InChI is InChI=1S/C20H35NO15/c1-5-16(35-20-14(29)12(27)10(25)7(3-22)34-20)13(28)15(30)19(32-5)36-17-9(21-6(2)24)18(31)33-8(4-23)11(17)26/h5,7-20,22-23,25-31H,3-4H2,1-2H3,(H,21,24)/t5-,7+,8+,9+,10+,11+,12-,13-,14+,15+,16-,17+,18?,19-,20-/m0/s1. The highest BCUT2D eigenvalue weighted by Gasteiger charge is 2.52. The SMILES string of the molecule is CC(=O)N[C@H]1C(O)O[C@H](CO)[C@@H](O)[C@@H]1O[C@@H]1O[C@@H](C)[C@H](O[C@@H]2O[C@H](CO)[C@@H](O)[C@H](O)[C@H]2O)[C@@H](O)[C@H]1O. The van der Waals surface area contributed by atoms with Gasteiger partial charge in [0.1, 0.15) is 67.1 Å². The van der Waals surface area contributed by atoms with Gasteiger partial charge >= 0.3 is 0 Å². The third-order valence-corrected chi connectivity index (χ3v) is 6.45. The van der Waals surface area contributed by atoms with Crippen molar-refractivity contribution in [3.63, 3.8) is 0 Å². The van der Waals surface area contributed by atoms with Crippen molar-refractivity contribution in [3.8, 4) is 0 Å². The Morgan fingerprint density at radius 2 is 1.25 bits per heavy atom. The summed E-state index contributed by atoms with van der Waals surface area (Å²) in [7, 11) is 0. The van der Waals surface area contributed by atoms with E-state index >= 15 is 0 Å². The van der Waals surface area contributed by atoms with E-state index < -0.39 is 111 Å². The zero-order valence-electron chi connectivity index (χ0n) is 19.5. The van der Waals surface area contributed by atoms with Gasteiger partial charge in [0.05, 0.1) is 19.3 Å². The molecule has 0 radical (unpaired) electrons. The molecule has 16 heteroatoms. The number of ether oxygens (including phenoxy) is 5. The molecule has 15 atom stereocenters. The molecule has 0 aromatic heterocycles. The number of hydrogen-bond acceptors (Lipinski definition) is 15. The lowest BCUT2D eigenvalue weighted by Gasteiger charge is -2.48. The summed E-state index contributed by atoms with van der Waals surface area (Å²) < 4.78 is 27.1. The van der Waals surface area contributed by atoms with Gasteiger partial charge < -0.3 is 75.0 Å². The van der Waals surface area contributed by atoms with Crippen LogP contribution in [0.1, 0.15) is 13.8 Å². The van der Waals surface area contributed by atoms with Crippen LogP contribution >= 0.6 is 0 Å². The summed E-state index contributed by atoms with van der Waals surface area (Å²) in [5.41, 5.74) is 0. The summed E-state index contributed by atoms with van der Waals surface area (Å²) >= 11 is 0. The van der Waals surface area contributed by atoms with Gasteiger partial charge in [-0.2, -0.15) is 0 Å². The van der Waals surface area contributed by atoms with Crippen LogP contribution in [-0.2, 0) is 28.5 Å². The maximum absolute atomic E-state index is 11.6. The second-order valence-electron chi connectivity index (χ2n) is 9.05. The van der Waals surface area contributed by atoms with E-state index in [1.165, 1.54) is 6.92 Å². The molecule has 3 aliphatic heterocycles. The topological polar surface area (TPSA) is 257 Å². The fourth-order valence-electron chi connectivity index (χ4n) is 4.43. The molecule has 1 amide bonds. The van der Waals surface area contributed by atoms with Crippen LogP contribution in [0.2, 0.25) is 0 Å². The lowest BCUT2D eigenvalue weighted by Crippen LogP contribution is -2.68. The Balaban J connectivity index is 1.72. The molecule has 3 heterocycles. The van der Waals surface area contributed by atoms with Crippen molar-refractivity contribution in [2.45, 2.75) is 106 Å². The molecule has 3 fully saturated rings. The molecule has 3 saturated heterocycles. The molecular weight excluding hydrogens is 494 g/mol. The van der Waals surface area contributed by atoms with E-state index in [2.05, 4.69) is 5.32 Å². The molecular formula is C20H35NO15. The summed E-state index contributed by atoms with van der Waals surface area (Å²) in [4.78, 5) is 11.6. The average molecular weight is 529 g/mol. The number of carbonyl (C=O) groups excluding carboxylic acids is 1. The lowest BCUT2D eigenvalue weighted by atomic mass is 9.95. The number of amides is 1. The Morgan fingerprint density at radius 3 is 1.83 bits per heavy atom. The minimum absolute atomic E-state index is 0.600. The summed E-state index contributed by atoms with van der Waals surface area (Å²) in [6, 6.07) is -1.33. The predicted molar refractivity (Wildman–Crippen MR) is 111 cm³/mol. The first-order valence-corrected chi connectivity index (χ1v) is 11.4. The van der Waals surface area contributed by atoms with E-state index in [0.29, 0.717) is 0 Å².